The molecule has 0 aliphatic rings. The van der Waals surface area contributed by atoms with E-state index >= 15 is 0 Å². The van der Waals surface area contributed by atoms with Crippen LogP contribution >= 0.6 is 0 Å². The van der Waals surface area contributed by atoms with Crippen LogP contribution in [0.15, 0.2) is 42.6 Å². The van der Waals surface area contributed by atoms with Crippen LogP contribution in [0.2, 0.25) is 0 Å². The van der Waals surface area contributed by atoms with Crippen LogP contribution < -0.4 is 14.8 Å². The number of rotatable bonds is 6. The van der Waals surface area contributed by atoms with Gasteiger partial charge in [-0.05, 0) is 23.8 Å². The molecule has 1 heterocycles. The van der Waals surface area contributed by atoms with Crippen molar-refractivity contribution in [2.45, 2.75) is 13.2 Å². The number of halogens is 2. The second-order valence-electron chi connectivity index (χ2n) is 5.19. The van der Waals surface area contributed by atoms with Gasteiger partial charge in [0, 0.05) is 11.9 Å². The van der Waals surface area contributed by atoms with Crippen LogP contribution in [-0.2, 0) is 6.54 Å². The highest BCUT2D eigenvalue weighted by atomic mass is 19.3. The summed E-state index contributed by atoms with van der Waals surface area (Å²) in [6, 6.07) is 9.80. The maximum Gasteiger partial charge on any atom is 0.387 e. The Balaban J connectivity index is 1.73. The number of benzene rings is 2. The Morgan fingerprint density at radius 1 is 1.28 bits per heavy atom. The first-order valence-electron chi connectivity index (χ1n) is 7.40. The Morgan fingerprint density at radius 3 is 2.88 bits per heavy atom. The zero-order chi connectivity index (χ0) is 17.8. The highest BCUT2D eigenvalue weighted by Gasteiger charge is 2.13. The van der Waals surface area contributed by atoms with E-state index in [4.69, 9.17) is 4.74 Å². The molecule has 0 aliphatic carbocycles. The Bertz CT molecular complexity index is 896. The quantitative estimate of drug-likeness (QED) is 0.718. The lowest BCUT2D eigenvalue weighted by molar-refractivity contribution is -0.0512. The van der Waals surface area contributed by atoms with Crippen molar-refractivity contribution >= 4 is 16.8 Å². The zero-order valence-corrected chi connectivity index (χ0v) is 13.3. The summed E-state index contributed by atoms with van der Waals surface area (Å²) in [4.78, 5) is 12.4. The average molecular weight is 347 g/mol. The SMILES string of the molecule is COc1cc(CNC(=O)c2cccc3cn[nH]c23)ccc1OC(F)F. The predicted octanol–water partition coefficient (Wildman–Crippen LogP) is 3.10. The van der Waals surface area contributed by atoms with Gasteiger partial charge in [-0.25, -0.2) is 0 Å². The number of H-pyrrole nitrogens is 1. The normalized spacial score (nSPS) is 10.9. The van der Waals surface area contributed by atoms with Crippen molar-refractivity contribution in [2.75, 3.05) is 7.11 Å². The van der Waals surface area contributed by atoms with Crippen molar-refractivity contribution in [2.24, 2.45) is 0 Å². The zero-order valence-electron chi connectivity index (χ0n) is 13.3. The Hall–Kier alpha value is -3.16. The number of nitrogens with zero attached hydrogens (tertiary/aromatic N) is 1. The van der Waals surface area contributed by atoms with E-state index in [1.165, 1.54) is 19.2 Å². The highest BCUT2D eigenvalue weighted by Crippen LogP contribution is 2.29. The number of amides is 1. The summed E-state index contributed by atoms with van der Waals surface area (Å²) in [5.74, 6) is -0.167. The Morgan fingerprint density at radius 2 is 2.12 bits per heavy atom. The Labute approximate surface area is 141 Å². The summed E-state index contributed by atoms with van der Waals surface area (Å²) < 4.78 is 34.1. The van der Waals surface area contributed by atoms with E-state index in [9.17, 15) is 13.6 Å². The summed E-state index contributed by atoms with van der Waals surface area (Å²) in [6.07, 6.45) is 1.64. The van der Waals surface area contributed by atoms with Crippen LogP contribution in [0.3, 0.4) is 0 Å². The number of methoxy groups -OCH3 is 1. The molecule has 0 spiro atoms. The molecule has 3 aromatic rings. The first-order valence-corrected chi connectivity index (χ1v) is 7.40. The molecular weight excluding hydrogens is 332 g/mol. The lowest BCUT2D eigenvalue weighted by Crippen LogP contribution is -2.23. The van der Waals surface area contributed by atoms with Gasteiger partial charge in [-0.3, -0.25) is 9.89 Å². The Kier molecular flexibility index (Phi) is 4.78. The van der Waals surface area contributed by atoms with Crippen LogP contribution in [-0.4, -0.2) is 29.8 Å². The number of alkyl halides is 2. The molecule has 0 unspecified atom stereocenters. The van der Waals surface area contributed by atoms with Crippen LogP contribution in [0, 0.1) is 0 Å². The molecule has 0 atom stereocenters. The minimum absolute atomic E-state index is 0.0604. The minimum Gasteiger partial charge on any atom is -0.493 e. The number of para-hydroxylation sites is 1. The largest absolute Gasteiger partial charge is 0.493 e. The minimum atomic E-state index is -2.94. The van der Waals surface area contributed by atoms with Gasteiger partial charge in [0.25, 0.3) is 5.91 Å². The molecule has 1 amide bonds. The number of carbonyl (C=O) groups excluding carboxylic acids is 1. The van der Waals surface area contributed by atoms with Crippen molar-refractivity contribution in [3.63, 3.8) is 0 Å². The molecule has 3 rings (SSSR count). The van der Waals surface area contributed by atoms with Gasteiger partial charge in [-0.1, -0.05) is 18.2 Å². The van der Waals surface area contributed by atoms with Crippen molar-refractivity contribution in [1.82, 2.24) is 15.5 Å². The van der Waals surface area contributed by atoms with Gasteiger partial charge < -0.3 is 14.8 Å². The molecule has 2 N–H and O–H groups in total. The molecule has 0 saturated heterocycles. The number of aromatic nitrogens is 2. The van der Waals surface area contributed by atoms with Crippen LogP contribution in [0.1, 0.15) is 15.9 Å². The topological polar surface area (TPSA) is 76.2 Å². The van der Waals surface area contributed by atoms with Gasteiger partial charge in [0.15, 0.2) is 11.5 Å². The molecule has 2 aromatic carbocycles. The third kappa shape index (κ3) is 3.68. The van der Waals surface area contributed by atoms with E-state index in [2.05, 4.69) is 20.3 Å². The molecule has 25 heavy (non-hydrogen) atoms. The standard InChI is InChI=1S/C17H15F2N3O3/c1-24-14-7-10(5-6-13(14)25-17(18)19)8-20-16(23)12-4-2-3-11-9-21-22-15(11)12/h2-7,9,17H,8H2,1H3,(H,20,23)(H,21,22). The maximum atomic E-state index is 12.4. The molecule has 0 bridgehead atoms. The molecule has 130 valence electrons. The van der Waals surface area contributed by atoms with Gasteiger partial charge in [0.1, 0.15) is 0 Å². The molecule has 0 aliphatic heterocycles. The van der Waals surface area contributed by atoms with Crippen LogP contribution in [0.5, 0.6) is 11.5 Å². The molecule has 6 nitrogen and oxygen atoms in total. The van der Waals surface area contributed by atoms with Crippen molar-refractivity contribution < 1.29 is 23.0 Å². The first-order chi connectivity index (χ1) is 12.1. The smallest absolute Gasteiger partial charge is 0.387 e. The van der Waals surface area contributed by atoms with E-state index in [1.807, 2.05) is 6.07 Å². The lowest BCUT2D eigenvalue weighted by Gasteiger charge is -2.12. The molecule has 0 saturated carbocycles. The van der Waals surface area contributed by atoms with Gasteiger partial charge >= 0.3 is 6.61 Å². The van der Waals surface area contributed by atoms with E-state index in [1.54, 1.807) is 24.4 Å². The monoisotopic (exact) mass is 347 g/mol. The number of fused-ring (bicyclic) bond motifs is 1. The van der Waals surface area contributed by atoms with E-state index in [0.29, 0.717) is 16.6 Å². The van der Waals surface area contributed by atoms with Crippen molar-refractivity contribution in [3.05, 3.63) is 53.7 Å². The number of hydrogen-bond acceptors (Lipinski definition) is 4. The van der Waals surface area contributed by atoms with E-state index in [-0.39, 0.29) is 24.0 Å². The number of hydrogen-bond donors (Lipinski definition) is 2. The summed E-state index contributed by atoms with van der Waals surface area (Å²) in [5, 5.41) is 10.3. The average Bonchev–Trinajstić information content (AvgIpc) is 3.08. The van der Waals surface area contributed by atoms with Crippen LogP contribution in [0.25, 0.3) is 10.9 Å². The second-order valence-corrected chi connectivity index (χ2v) is 5.19. The maximum absolute atomic E-state index is 12.4. The van der Waals surface area contributed by atoms with E-state index in [0.717, 1.165) is 5.39 Å². The summed E-state index contributed by atoms with van der Waals surface area (Å²) >= 11 is 0. The van der Waals surface area contributed by atoms with Gasteiger partial charge in [-0.15, -0.1) is 0 Å². The van der Waals surface area contributed by atoms with Crippen LogP contribution in [0.4, 0.5) is 8.78 Å². The number of aromatic amines is 1. The first kappa shape index (κ1) is 16.7. The van der Waals surface area contributed by atoms with Gasteiger partial charge in [0.05, 0.1) is 24.4 Å². The van der Waals surface area contributed by atoms with Crippen molar-refractivity contribution in [3.8, 4) is 11.5 Å². The number of ether oxygens (including phenoxy) is 2. The fourth-order valence-electron chi connectivity index (χ4n) is 2.45. The van der Waals surface area contributed by atoms with E-state index < -0.39 is 6.61 Å². The highest BCUT2D eigenvalue weighted by molar-refractivity contribution is 6.05. The molecule has 0 radical (unpaired) electrons. The summed E-state index contributed by atoms with van der Waals surface area (Å²) in [5.41, 5.74) is 1.81. The summed E-state index contributed by atoms with van der Waals surface area (Å²) in [7, 11) is 1.36. The number of nitrogens with one attached hydrogen (secondary N) is 2. The third-order valence-corrected chi connectivity index (χ3v) is 3.62. The molecule has 1 aromatic heterocycles. The van der Waals surface area contributed by atoms with Crippen molar-refractivity contribution in [1.29, 1.82) is 0 Å². The van der Waals surface area contributed by atoms with Gasteiger partial charge in [-0.2, -0.15) is 13.9 Å². The van der Waals surface area contributed by atoms with Gasteiger partial charge in [0.2, 0.25) is 0 Å². The molecule has 8 heteroatoms. The number of carbonyl (C=O) groups is 1. The fraction of sp³-hybridized carbons (Fsp3) is 0.176. The predicted molar refractivity (Wildman–Crippen MR) is 86.9 cm³/mol. The summed E-state index contributed by atoms with van der Waals surface area (Å²) in [6.45, 7) is -2.73. The lowest BCUT2D eigenvalue weighted by atomic mass is 10.1. The third-order valence-electron chi connectivity index (χ3n) is 3.62. The molecule has 0 fully saturated rings. The fourth-order valence-corrected chi connectivity index (χ4v) is 2.45. The second kappa shape index (κ2) is 7.16. The molecular formula is C17H15F2N3O3.